The van der Waals surface area contributed by atoms with Crippen LogP contribution in [0.4, 0.5) is 0 Å². The SMILES string of the molecule is CN(C)CCc1ccc(CCN2CC[C@@H](C(C(N)=O)(c3ccccc3)c3ccccc3)C2)cc1. The molecule has 4 rings (SSSR count). The monoisotopic (exact) mass is 455 g/mol. The van der Waals surface area contributed by atoms with Crippen LogP contribution in [0.5, 0.6) is 0 Å². The maximum absolute atomic E-state index is 13.2. The molecule has 0 spiro atoms. The predicted octanol–water partition coefficient (Wildman–Crippen LogP) is 4.13. The first-order chi connectivity index (χ1) is 16.5. The molecule has 1 atom stereocenters. The lowest BCUT2D eigenvalue weighted by Crippen LogP contribution is -2.49. The molecule has 0 saturated carbocycles. The molecular weight excluding hydrogens is 418 g/mol. The minimum absolute atomic E-state index is 0.142. The number of hydrogen-bond donors (Lipinski definition) is 1. The van der Waals surface area contributed by atoms with E-state index in [0.29, 0.717) is 0 Å². The van der Waals surface area contributed by atoms with E-state index in [2.05, 4.69) is 72.4 Å². The van der Waals surface area contributed by atoms with E-state index in [9.17, 15) is 4.79 Å². The Morgan fingerprint density at radius 1 is 0.882 bits per heavy atom. The Balaban J connectivity index is 1.48. The minimum atomic E-state index is -0.814. The highest BCUT2D eigenvalue weighted by Crippen LogP contribution is 2.43. The van der Waals surface area contributed by atoms with Crippen molar-refractivity contribution in [3.8, 4) is 0 Å². The molecule has 1 aliphatic rings. The Kier molecular flexibility index (Phi) is 7.81. The molecule has 2 N–H and O–H groups in total. The lowest BCUT2D eigenvalue weighted by molar-refractivity contribution is -0.123. The molecule has 178 valence electrons. The van der Waals surface area contributed by atoms with Gasteiger partial charge in [-0.1, -0.05) is 84.9 Å². The molecule has 1 heterocycles. The van der Waals surface area contributed by atoms with E-state index in [1.165, 1.54) is 11.1 Å². The van der Waals surface area contributed by atoms with E-state index in [1.54, 1.807) is 0 Å². The highest BCUT2D eigenvalue weighted by Gasteiger charge is 2.49. The van der Waals surface area contributed by atoms with E-state index < -0.39 is 5.41 Å². The summed E-state index contributed by atoms with van der Waals surface area (Å²) in [6.07, 6.45) is 3.05. The third-order valence-electron chi connectivity index (χ3n) is 7.32. The molecule has 0 aromatic heterocycles. The van der Waals surface area contributed by atoms with Crippen LogP contribution in [0.1, 0.15) is 28.7 Å². The molecule has 1 fully saturated rings. The Hall–Kier alpha value is -2.95. The lowest BCUT2D eigenvalue weighted by atomic mass is 9.64. The average molecular weight is 456 g/mol. The lowest BCUT2D eigenvalue weighted by Gasteiger charge is -2.37. The highest BCUT2D eigenvalue weighted by atomic mass is 16.1. The van der Waals surface area contributed by atoms with Gasteiger partial charge in [-0.3, -0.25) is 4.79 Å². The molecule has 4 nitrogen and oxygen atoms in total. The first-order valence-corrected chi connectivity index (χ1v) is 12.4. The molecule has 1 aliphatic heterocycles. The summed E-state index contributed by atoms with van der Waals surface area (Å²) in [5, 5.41) is 0. The van der Waals surface area contributed by atoms with Gasteiger partial charge in [0.25, 0.3) is 0 Å². The largest absolute Gasteiger partial charge is 0.369 e. The Labute approximate surface area is 204 Å². The first kappa shape index (κ1) is 24.2. The van der Waals surface area contributed by atoms with Gasteiger partial charge < -0.3 is 15.5 Å². The van der Waals surface area contributed by atoms with E-state index in [4.69, 9.17) is 5.73 Å². The number of carbonyl (C=O) groups is 1. The quantitative estimate of drug-likeness (QED) is 0.500. The van der Waals surface area contributed by atoms with Crippen LogP contribution in [0.15, 0.2) is 84.9 Å². The van der Waals surface area contributed by atoms with Gasteiger partial charge in [0.2, 0.25) is 5.91 Å². The summed E-state index contributed by atoms with van der Waals surface area (Å²) in [6.45, 7) is 3.92. The van der Waals surface area contributed by atoms with Gasteiger partial charge >= 0.3 is 0 Å². The van der Waals surface area contributed by atoms with Crippen LogP contribution < -0.4 is 5.73 Å². The number of likely N-dealkylation sites (tertiary alicyclic amines) is 1. The second kappa shape index (κ2) is 11.0. The van der Waals surface area contributed by atoms with Crippen molar-refractivity contribution in [3.63, 3.8) is 0 Å². The Morgan fingerprint density at radius 3 is 1.91 bits per heavy atom. The van der Waals surface area contributed by atoms with Gasteiger partial charge in [-0.05, 0) is 68.1 Å². The molecule has 1 amide bonds. The number of carbonyl (C=O) groups excluding carboxylic acids is 1. The topological polar surface area (TPSA) is 49.6 Å². The van der Waals surface area contributed by atoms with E-state index in [0.717, 1.165) is 56.6 Å². The minimum Gasteiger partial charge on any atom is -0.369 e. The molecule has 4 heteroatoms. The molecular formula is C30H37N3O. The molecule has 0 aliphatic carbocycles. The van der Waals surface area contributed by atoms with Crippen molar-refractivity contribution in [1.82, 2.24) is 9.80 Å². The molecule has 34 heavy (non-hydrogen) atoms. The van der Waals surface area contributed by atoms with E-state index in [-0.39, 0.29) is 11.8 Å². The molecule has 0 bridgehead atoms. The standard InChI is InChI=1S/C30H37N3O/c1-32(2)20-17-24-13-15-25(16-14-24)18-21-33-22-19-28(23-33)30(29(31)34,26-9-5-3-6-10-26)27-11-7-4-8-12-27/h3-16,28H,17-23H2,1-2H3,(H2,31,34)/t28-/m1/s1. The first-order valence-electron chi connectivity index (χ1n) is 12.4. The summed E-state index contributed by atoms with van der Waals surface area (Å²) >= 11 is 0. The van der Waals surface area contributed by atoms with E-state index in [1.807, 2.05) is 36.4 Å². The number of benzene rings is 3. The van der Waals surface area contributed by atoms with E-state index >= 15 is 0 Å². The van der Waals surface area contributed by atoms with Crippen molar-refractivity contribution in [1.29, 1.82) is 0 Å². The fourth-order valence-electron chi connectivity index (χ4n) is 5.43. The van der Waals surface area contributed by atoms with Crippen LogP contribution in [0.25, 0.3) is 0 Å². The zero-order chi connectivity index (χ0) is 24.0. The summed E-state index contributed by atoms with van der Waals surface area (Å²) in [4.78, 5) is 17.9. The third kappa shape index (κ3) is 5.24. The number of amides is 1. The third-order valence-corrected chi connectivity index (χ3v) is 7.32. The number of hydrogen-bond acceptors (Lipinski definition) is 3. The Bertz CT molecular complexity index is 1010. The fourth-order valence-corrected chi connectivity index (χ4v) is 5.43. The summed E-state index contributed by atoms with van der Waals surface area (Å²) in [5.74, 6) is -0.117. The second-order valence-electron chi connectivity index (χ2n) is 9.81. The molecule has 3 aromatic carbocycles. The van der Waals surface area contributed by atoms with Gasteiger partial charge in [0.05, 0.1) is 0 Å². The van der Waals surface area contributed by atoms with Crippen LogP contribution >= 0.6 is 0 Å². The molecule has 0 unspecified atom stereocenters. The number of nitrogens with zero attached hydrogens (tertiary/aromatic N) is 2. The smallest absolute Gasteiger partial charge is 0.232 e. The van der Waals surface area contributed by atoms with Crippen LogP contribution in [0, 0.1) is 5.92 Å². The van der Waals surface area contributed by atoms with Crippen molar-refractivity contribution in [2.24, 2.45) is 11.7 Å². The van der Waals surface area contributed by atoms with Gasteiger partial charge in [0, 0.05) is 19.6 Å². The summed E-state index contributed by atoms with van der Waals surface area (Å²) in [5.41, 5.74) is 10.1. The average Bonchev–Trinajstić information content (AvgIpc) is 3.33. The zero-order valence-corrected chi connectivity index (χ0v) is 20.5. The normalized spacial score (nSPS) is 16.7. The predicted molar refractivity (Wildman–Crippen MR) is 140 cm³/mol. The number of nitrogens with two attached hydrogens (primary N) is 1. The van der Waals surface area contributed by atoms with Gasteiger partial charge in [0.15, 0.2) is 0 Å². The number of primary amides is 1. The van der Waals surface area contributed by atoms with Gasteiger partial charge in [-0.25, -0.2) is 0 Å². The van der Waals surface area contributed by atoms with Crippen LogP contribution in [0.3, 0.4) is 0 Å². The van der Waals surface area contributed by atoms with Crippen LogP contribution in [-0.2, 0) is 23.1 Å². The molecule has 1 saturated heterocycles. The van der Waals surface area contributed by atoms with Crippen LogP contribution in [0.2, 0.25) is 0 Å². The summed E-state index contributed by atoms with van der Waals surface area (Å²) < 4.78 is 0. The Morgan fingerprint density at radius 2 is 1.41 bits per heavy atom. The second-order valence-corrected chi connectivity index (χ2v) is 9.81. The maximum Gasteiger partial charge on any atom is 0.232 e. The van der Waals surface area contributed by atoms with Crippen molar-refractivity contribution in [3.05, 3.63) is 107 Å². The van der Waals surface area contributed by atoms with Gasteiger partial charge in [0.1, 0.15) is 5.41 Å². The maximum atomic E-state index is 13.2. The fraction of sp³-hybridized carbons (Fsp3) is 0.367. The zero-order valence-electron chi connectivity index (χ0n) is 20.5. The van der Waals surface area contributed by atoms with Crippen molar-refractivity contribution >= 4 is 5.91 Å². The van der Waals surface area contributed by atoms with Crippen molar-refractivity contribution in [2.45, 2.75) is 24.7 Å². The molecule has 3 aromatic rings. The van der Waals surface area contributed by atoms with Crippen LogP contribution in [-0.4, -0.2) is 56.0 Å². The molecule has 0 radical (unpaired) electrons. The number of rotatable bonds is 10. The summed E-state index contributed by atoms with van der Waals surface area (Å²) in [7, 11) is 4.22. The highest BCUT2D eigenvalue weighted by molar-refractivity contribution is 5.91. The van der Waals surface area contributed by atoms with Gasteiger partial charge in [-0.2, -0.15) is 0 Å². The number of likely N-dealkylation sites (N-methyl/N-ethyl adjacent to an activating group) is 1. The van der Waals surface area contributed by atoms with Crippen molar-refractivity contribution < 1.29 is 4.79 Å². The van der Waals surface area contributed by atoms with Gasteiger partial charge in [-0.15, -0.1) is 0 Å². The van der Waals surface area contributed by atoms with Crippen molar-refractivity contribution in [2.75, 3.05) is 40.3 Å². The summed E-state index contributed by atoms with van der Waals surface area (Å²) in [6, 6.07) is 29.3.